The molecule has 96 valence electrons. The third kappa shape index (κ3) is 3.76. The molecule has 0 radical (unpaired) electrons. The Morgan fingerprint density at radius 1 is 1.59 bits per heavy atom. The normalized spacial score (nSPS) is 25.0. The second-order valence-electron chi connectivity index (χ2n) is 5.10. The van der Waals surface area contributed by atoms with Gasteiger partial charge in [0.15, 0.2) is 0 Å². The topological polar surface area (TPSA) is 37.0 Å². The van der Waals surface area contributed by atoms with Crippen LogP contribution in [0.5, 0.6) is 0 Å². The highest BCUT2D eigenvalue weighted by Crippen LogP contribution is 2.30. The second-order valence-corrected chi connectivity index (χ2v) is 6.07. The summed E-state index contributed by atoms with van der Waals surface area (Å²) >= 11 is 1.73. The molecule has 3 nitrogen and oxygen atoms in total. The fraction of sp³-hybridized carbons (Fsp3) is 0.769. The van der Waals surface area contributed by atoms with Gasteiger partial charge in [0.25, 0.3) is 0 Å². The zero-order valence-electron chi connectivity index (χ0n) is 10.7. The van der Waals surface area contributed by atoms with Crippen LogP contribution in [0.1, 0.15) is 37.5 Å². The molecule has 2 rings (SSSR count). The van der Waals surface area contributed by atoms with Crippen LogP contribution in [-0.4, -0.2) is 24.6 Å². The van der Waals surface area contributed by atoms with Crippen molar-refractivity contribution < 1.29 is 0 Å². The first-order valence-corrected chi connectivity index (χ1v) is 7.51. The second kappa shape index (κ2) is 6.47. The number of piperidine rings is 1. The molecule has 1 aromatic rings. The van der Waals surface area contributed by atoms with Gasteiger partial charge in [-0.2, -0.15) is 0 Å². The Labute approximate surface area is 108 Å². The van der Waals surface area contributed by atoms with Gasteiger partial charge in [0.2, 0.25) is 0 Å². The Bertz CT molecular complexity index is 299. The molecule has 1 aliphatic rings. The number of hydrogen-bond donors (Lipinski definition) is 2. The average Bonchev–Trinajstić information content (AvgIpc) is 2.84. The predicted molar refractivity (Wildman–Crippen MR) is 73.3 cm³/mol. The molecule has 0 saturated carbocycles. The fourth-order valence-corrected chi connectivity index (χ4v) is 3.36. The van der Waals surface area contributed by atoms with Crippen LogP contribution in [0.3, 0.4) is 0 Å². The minimum Gasteiger partial charge on any atom is -0.316 e. The monoisotopic (exact) mass is 253 g/mol. The van der Waals surface area contributed by atoms with Crippen LogP contribution < -0.4 is 10.6 Å². The van der Waals surface area contributed by atoms with Gasteiger partial charge in [-0.3, -0.25) is 4.98 Å². The van der Waals surface area contributed by atoms with E-state index in [4.69, 9.17) is 0 Å². The van der Waals surface area contributed by atoms with Crippen molar-refractivity contribution in [3.63, 3.8) is 0 Å². The summed E-state index contributed by atoms with van der Waals surface area (Å²) in [6.45, 7) is 6.76. The maximum atomic E-state index is 4.11. The van der Waals surface area contributed by atoms with E-state index < -0.39 is 0 Å². The Morgan fingerprint density at radius 2 is 2.53 bits per heavy atom. The summed E-state index contributed by atoms with van der Waals surface area (Å²) in [5, 5.41) is 7.17. The molecule has 1 fully saturated rings. The number of nitrogens with zero attached hydrogens (tertiary/aromatic N) is 1. The molecular weight excluding hydrogens is 230 g/mol. The summed E-state index contributed by atoms with van der Waals surface area (Å²) in [4.78, 5) is 5.44. The van der Waals surface area contributed by atoms with Crippen molar-refractivity contribution >= 4 is 11.3 Å². The number of nitrogens with one attached hydrogen (secondary N) is 2. The smallest absolute Gasteiger partial charge is 0.0794 e. The third-order valence-electron chi connectivity index (χ3n) is 3.62. The minimum absolute atomic E-state index is 0.484. The summed E-state index contributed by atoms with van der Waals surface area (Å²) in [5.41, 5.74) is 2.39. The van der Waals surface area contributed by atoms with Crippen LogP contribution in [-0.2, 0) is 6.54 Å². The van der Waals surface area contributed by atoms with Gasteiger partial charge in [0, 0.05) is 30.7 Å². The van der Waals surface area contributed by atoms with E-state index in [1.165, 1.54) is 43.6 Å². The highest BCUT2D eigenvalue weighted by Gasteiger charge is 2.30. The minimum atomic E-state index is 0.484. The van der Waals surface area contributed by atoms with Crippen molar-refractivity contribution in [2.45, 2.75) is 39.2 Å². The molecule has 0 bridgehead atoms. The maximum Gasteiger partial charge on any atom is 0.0794 e. The lowest BCUT2D eigenvalue weighted by Crippen LogP contribution is -2.46. The van der Waals surface area contributed by atoms with E-state index in [0.29, 0.717) is 5.41 Å². The molecule has 1 atom stereocenters. The molecule has 0 aliphatic carbocycles. The van der Waals surface area contributed by atoms with Crippen LogP contribution in [0.25, 0.3) is 0 Å². The fourth-order valence-electron chi connectivity index (χ4n) is 2.79. The first-order chi connectivity index (χ1) is 8.35. The summed E-state index contributed by atoms with van der Waals surface area (Å²) in [6, 6.07) is 0. The van der Waals surface area contributed by atoms with Crippen LogP contribution in [0.15, 0.2) is 11.7 Å². The van der Waals surface area contributed by atoms with Gasteiger partial charge >= 0.3 is 0 Å². The molecule has 17 heavy (non-hydrogen) atoms. The van der Waals surface area contributed by atoms with Crippen LogP contribution in [0, 0.1) is 5.41 Å². The highest BCUT2D eigenvalue weighted by molar-refractivity contribution is 7.09. The van der Waals surface area contributed by atoms with E-state index in [2.05, 4.69) is 22.5 Å². The summed E-state index contributed by atoms with van der Waals surface area (Å²) < 4.78 is 0. The van der Waals surface area contributed by atoms with Crippen molar-refractivity contribution in [2.75, 3.05) is 19.6 Å². The molecule has 0 aromatic carbocycles. The molecule has 2 heterocycles. The maximum absolute atomic E-state index is 4.11. The zero-order chi connectivity index (χ0) is 12.0. The van der Waals surface area contributed by atoms with Crippen LogP contribution in [0.2, 0.25) is 0 Å². The molecule has 1 aromatic heterocycles. The summed E-state index contributed by atoms with van der Waals surface area (Å²) in [7, 11) is 0. The largest absolute Gasteiger partial charge is 0.316 e. The number of hydrogen-bond acceptors (Lipinski definition) is 4. The lowest BCUT2D eigenvalue weighted by atomic mass is 9.77. The average molecular weight is 253 g/mol. The lowest BCUT2D eigenvalue weighted by Gasteiger charge is -2.38. The Kier molecular flexibility index (Phi) is 4.95. The quantitative estimate of drug-likeness (QED) is 0.817. The van der Waals surface area contributed by atoms with Gasteiger partial charge in [0.05, 0.1) is 5.51 Å². The Hall–Kier alpha value is -0.450. The SMILES string of the molecule is CCCC1(CNCc2cncs2)CCCNC1. The first kappa shape index (κ1) is 13.0. The third-order valence-corrected chi connectivity index (χ3v) is 4.40. The molecule has 1 unspecified atom stereocenters. The van der Waals surface area contributed by atoms with Crippen molar-refractivity contribution in [1.29, 1.82) is 0 Å². The predicted octanol–water partition coefficient (Wildman–Crippen LogP) is 2.40. The molecular formula is C13H23N3S. The highest BCUT2D eigenvalue weighted by atomic mass is 32.1. The van der Waals surface area contributed by atoms with Crippen LogP contribution in [0.4, 0.5) is 0 Å². The summed E-state index contributed by atoms with van der Waals surface area (Å²) in [6.07, 6.45) is 7.26. The molecule has 1 aliphatic heterocycles. The standard InChI is InChI=1S/C13H23N3S/c1-2-4-13(5-3-6-14-9-13)10-15-7-12-8-16-11-17-12/h8,11,14-15H,2-7,9-10H2,1H3. The summed E-state index contributed by atoms with van der Waals surface area (Å²) in [5.74, 6) is 0. The Morgan fingerprint density at radius 3 is 3.18 bits per heavy atom. The van der Waals surface area contributed by atoms with Crippen molar-refractivity contribution in [2.24, 2.45) is 5.41 Å². The Balaban J connectivity index is 1.80. The van der Waals surface area contributed by atoms with E-state index >= 15 is 0 Å². The van der Waals surface area contributed by atoms with Crippen molar-refractivity contribution in [3.8, 4) is 0 Å². The van der Waals surface area contributed by atoms with Gasteiger partial charge in [-0.15, -0.1) is 11.3 Å². The van der Waals surface area contributed by atoms with E-state index in [0.717, 1.165) is 13.1 Å². The van der Waals surface area contributed by atoms with Crippen LogP contribution >= 0.6 is 11.3 Å². The van der Waals surface area contributed by atoms with Gasteiger partial charge in [-0.25, -0.2) is 0 Å². The van der Waals surface area contributed by atoms with E-state index in [9.17, 15) is 0 Å². The first-order valence-electron chi connectivity index (χ1n) is 6.63. The van der Waals surface area contributed by atoms with E-state index in [1.54, 1.807) is 11.3 Å². The number of thiazole rings is 1. The molecule has 0 spiro atoms. The molecule has 0 amide bonds. The van der Waals surface area contributed by atoms with Crippen molar-refractivity contribution in [1.82, 2.24) is 15.6 Å². The number of rotatable bonds is 6. The lowest BCUT2D eigenvalue weighted by molar-refractivity contribution is 0.182. The van der Waals surface area contributed by atoms with Gasteiger partial charge in [-0.05, 0) is 31.2 Å². The number of aromatic nitrogens is 1. The van der Waals surface area contributed by atoms with Gasteiger partial charge in [-0.1, -0.05) is 13.3 Å². The van der Waals surface area contributed by atoms with Gasteiger partial charge in [0.1, 0.15) is 0 Å². The molecule has 1 saturated heterocycles. The van der Waals surface area contributed by atoms with E-state index in [1.807, 2.05) is 11.7 Å². The molecule has 4 heteroatoms. The molecule has 2 N–H and O–H groups in total. The van der Waals surface area contributed by atoms with Crippen molar-refractivity contribution in [3.05, 3.63) is 16.6 Å². The van der Waals surface area contributed by atoms with Gasteiger partial charge < -0.3 is 10.6 Å². The van der Waals surface area contributed by atoms with E-state index in [-0.39, 0.29) is 0 Å². The zero-order valence-corrected chi connectivity index (χ0v) is 11.5.